The van der Waals surface area contributed by atoms with Crippen LogP contribution in [0, 0.1) is 5.82 Å². The summed E-state index contributed by atoms with van der Waals surface area (Å²) in [5, 5.41) is 0. The van der Waals surface area contributed by atoms with Crippen molar-refractivity contribution in [1.29, 1.82) is 0 Å². The predicted octanol–water partition coefficient (Wildman–Crippen LogP) is 5.12. The van der Waals surface area contributed by atoms with Crippen molar-refractivity contribution >= 4 is 11.5 Å². The van der Waals surface area contributed by atoms with Crippen molar-refractivity contribution in [3.63, 3.8) is 0 Å². The minimum atomic E-state index is -0.337. The van der Waals surface area contributed by atoms with E-state index < -0.39 is 0 Å². The molecular formula is C26H23FN2O4. The Kier molecular flexibility index (Phi) is 6.04. The molecule has 4 aromatic rings. The van der Waals surface area contributed by atoms with Gasteiger partial charge in [-0.3, -0.25) is 4.79 Å². The topological polar surface area (TPSA) is 75.7 Å². The maximum atomic E-state index is 13.7. The first kappa shape index (κ1) is 22.0. The second kappa shape index (κ2) is 9.08. The lowest BCUT2D eigenvalue weighted by Gasteiger charge is -2.14. The number of nitrogen functional groups attached to an aromatic ring is 1. The van der Waals surface area contributed by atoms with Crippen LogP contribution in [0.25, 0.3) is 16.8 Å². The van der Waals surface area contributed by atoms with Crippen LogP contribution in [0.5, 0.6) is 17.2 Å². The minimum absolute atomic E-state index is 0.243. The number of ketones is 1. The highest BCUT2D eigenvalue weighted by Crippen LogP contribution is 2.39. The van der Waals surface area contributed by atoms with E-state index in [-0.39, 0.29) is 11.6 Å². The zero-order valence-corrected chi connectivity index (χ0v) is 18.5. The number of carbonyl (C=O) groups is 1. The molecule has 4 rings (SSSR count). The van der Waals surface area contributed by atoms with Crippen LogP contribution in [0.4, 0.5) is 10.1 Å². The molecule has 0 atom stereocenters. The van der Waals surface area contributed by atoms with Gasteiger partial charge in [-0.15, -0.1) is 0 Å². The van der Waals surface area contributed by atoms with Crippen LogP contribution in [0.1, 0.15) is 15.9 Å². The standard InChI is InChI=1S/C26H23FN2O4/c1-31-23-12-17(13-24(32-2)26(23)33-3)25(30)22-15-29(20-9-7-18(27)8-10-20)14-21(22)16-5-4-6-19(28)11-16/h4-15H,28H2,1-3H3. The van der Waals surface area contributed by atoms with Crippen molar-refractivity contribution in [2.45, 2.75) is 0 Å². The largest absolute Gasteiger partial charge is 0.493 e. The number of hydrogen-bond donors (Lipinski definition) is 1. The lowest BCUT2D eigenvalue weighted by molar-refractivity contribution is 0.103. The van der Waals surface area contributed by atoms with E-state index in [0.29, 0.717) is 45.3 Å². The fourth-order valence-corrected chi connectivity index (χ4v) is 3.70. The van der Waals surface area contributed by atoms with E-state index in [9.17, 15) is 9.18 Å². The first-order valence-electron chi connectivity index (χ1n) is 10.1. The molecule has 0 bridgehead atoms. The van der Waals surface area contributed by atoms with Crippen LogP contribution in [0.15, 0.2) is 73.1 Å². The van der Waals surface area contributed by atoms with E-state index in [1.807, 2.05) is 18.3 Å². The third kappa shape index (κ3) is 4.25. The van der Waals surface area contributed by atoms with Crippen molar-refractivity contribution in [1.82, 2.24) is 4.57 Å². The molecule has 3 aromatic carbocycles. The summed E-state index contributed by atoms with van der Waals surface area (Å²) >= 11 is 0. The molecule has 6 nitrogen and oxygen atoms in total. The summed E-state index contributed by atoms with van der Waals surface area (Å²) in [4.78, 5) is 13.7. The Balaban J connectivity index is 1.89. The Bertz CT molecular complexity index is 1290. The number of benzene rings is 3. The summed E-state index contributed by atoms with van der Waals surface area (Å²) in [6.07, 6.45) is 3.55. The van der Waals surface area contributed by atoms with Crippen LogP contribution >= 0.6 is 0 Å². The number of aromatic nitrogens is 1. The van der Waals surface area contributed by atoms with Gasteiger partial charge in [0.15, 0.2) is 17.3 Å². The lowest BCUT2D eigenvalue weighted by Crippen LogP contribution is -2.05. The molecule has 1 heterocycles. The van der Waals surface area contributed by atoms with Crippen molar-refractivity contribution < 1.29 is 23.4 Å². The van der Waals surface area contributed by atoms with Crippen LogP contribution in [-0.2, 0) is 0 Å². The number of methoxy groups -OCH3 is 3. The van der Waals surface area contributed by atoms with E-state index >= 15 is 0 Å². The van der Waals surface area contributed by atoms with Gasteiger partial charge >= 0.3 is 0 Å². The molecular weight excluding hydrogens is 423 g/mol. The van der Waals surface area contributed by atoms with Gasteiger partial charge in [0.1, 0.15) is 5.82 Å². The van der Waals surface area contributed by atoms with Crippen molar-refractivity contribution in [3.05, 3.63) is 90.0 Å². The Morgan fingerprint density at radius 2 is 1.55 bits per heavy atom. The van der Waals surface area contributed by atoms with E-state index in [1.54, 1.807) is 47.2 Å². The number of rotatable bonds is 7. The number of anilines is 1. The van der Waals surface area contributed by atoms with Crippen LogP contribution in [0.3, 0.4) is 0 Å². The second-order valence-electron chi connectivity index (χ2n) is 7.34. The highest BCUT2D eigenvalue weighted by atomic mass is 19.1. The van der Waals surface area contributed by atoms with E-state index in [1.165, 1.54) is 33.5 Å². The average molecular weight is 446 g/mol. The summed E-state index contributed by atoms with van der Waals surface area (Å²) in [5.41, 5.74) is 9.57. The lowest BCUT2D eigenvalue weighted by atomic mass is 9.97. The molecule has 0 unspecified atom stereocenters. The summed E-state index contributed by atoms with van der Waals surface area (Å²) in [6, 6.07) is 16.5. The summed E-state index contributed by atoms with van der Waals surface area (Å²) < 4.78 is 31.4. The molecule has 0 saturated carbocycles. The second-order valence-corrected chi connectivity index (χ2v) is 7.34. The molecule has 2 N–H and O–H groups in total. The molecule has 168 valence electrons. The number of hydrogen-bond acceptors (Lipinski definition) is 5. The predicted molar refractivity (Wildman–Crippen MR) is 125 cm³/mol. The molecule has 0 aliphatic rings. The number of carbonyl (C=O) groups excluding carboxylic acids is 1. The van der Waals surface area contributed by atoms with Gasteiger partial charge in [0.25, 0.3) is 0 Å². The van der Waals surface area contributed by atoms with Crippen molar-refractivity contribution in [3.8, 4) is 34.1 Å². The Morgan fingerprint density at radius 1 is 0.879 bits per heavy atom. The van der Waals surface area contributed by atoms with Gasteiger partial charge in [-0.1, -0.05) is 12.1 Å². The van der Waals surface area contributed by atoms with Gasteiger partial charge in [-0.05, 0) is 54.1 Å². The van der Waals surface area contributed by atoms with Gasteiger partial charge in [0.2, 0.25) is 5.75 Å². The minimum Gasteiger partial charge on any atom is -0.493 e. The number of halogens is 1. The monoisotopic (exact) mass is 446 g/mol. The molecule has 33 heavy (non-hydrogen) atoms. The summed E-state index contributed by atoms with van der Waals surface area (Å²) in [7, 11) is 4.49. The van der Waals surface area contributed by atoms with Gasteiger partial charge in [-0.25, -0.2) is 4.39 Å². The van der Waals surface area contributed by atoms with Gasteiger partial charge in [0, 0.05) is 40.5 Å². The molecule has 0 aliphatic heterocycles. The number of nitrogens with zero attached hydrogens (tertiary/aromatic N) is 1. The number of ether oxygens (including phenoxy) is 3. The molecule has 0 saturated heterocycles. The SMILES string of the molecule is COc1cc(C(=O)c2cn(-c3ccc(F)cc3)cc2-c2cccc(N)c2)cc(OC)c1OC. The van der Waals surface area contributed by atoms with E-state index in [4.69, 9.17) is 19.9 Å². The Hall–Kier alpha value is -4.26. The quantitative estimate of drug-likeness (QED) is 0.315. The number of nitrogens with two attached hydrogens (primary N) is 1. The van der Waals surface area contributed by atoms with Gasteiger partial charge in [0.05, 0.1) is 21.3 Å². The van der Waals surface area contributed by atoms with Crippen LogP contribution in [-0.4, -0.2) is 31.7 Å². The molecule has 0 spiro atoms. The molecule has 0 aliphatic carbocycles. The van der Waals surface area contributed by atoms with Crippen LogP contribution in [0.2, 0.25) is 0 Å². The normalized spacial score (nSPS) is 10.7. The molecule has 1 aromatic heterocycles. The smallest absolute Gasteiger partial charge is 0.203 e. The van der Waals surface area contributed by atoms with Crippen molar-refractivity contribution in [2.24, 2.45) is 0 Å². The highest BCUT2D eigenvalue weighted by molar-refractivity contribution is 6.13. The van der Waals surface area contributed by atoms with E-state index in [2.05, 4.69) is 0 Å². The molecule has 0 amide bonds. The average Bonchev–Trinajstić information content (AvgIpc) is 3.28. The first-order valence-corrected chi connectivity index (χ1v) is 10.1. The van der Waals surface area contributed by atoms with Crippen molar-refractivity contribution in [2.75, 3.05) is 27.1 Å². The Morgan fingerprint density at radius 3 is 2.12 bits per heavy atom. The summed E-state index contributed by atoms with van der Waals surface area (Å²) in [6.45, 7) is 0. The molecule has 7 heteroatoms. The van der Waals surface area contributed by atoms with Crippen LogP contribution < -0.4 is 19.9 Å². The van der Waals surface area contributed by atoms with Gasteiger partial charge < -0.3 is 24.5 Å². The molecule has 0 radical (unpaired) electrons. The molecule has 0 fully saturated rings. The van der Waals surface area contributed by atoms with Gasteiger partial charge in [-0.2, -0.15) is 0 Å². The van der Waals surface area contributed by atoms with E-state index in [0.717, 1.165) is 5.56 Å². The maximum absolute atomic E-state index is 13.7. The Labute approximate surface area is 190 Å². The fourth-order valence-electron chi connectivity index (χ4n) is 3.70. The fraction of sp³-hybridized carbons (Fsp3) is 0.115. The third-order valence-corrected chi connectivity index (χ3v) is 5.32. The summed E-state index contributed by atoms with van der Waals surface area (Å²) in [5.74, 6) is 0.576. The highest BCUT2D eigenvalue weighted by Gasteiger charge is 2.22. The first-order chi connectivity index (χ1) is 15.9. The zero-order valence-electron chi connectivity index (χ0n) is 18.5. The zero-order chi connectivity index (χ0) is 23.5. The maximum Gasteiger partial charge on any atom is 0.203 e. The third-order valence-electron chi connectivity index (χ3n) is 5.32.